The fourth-order valence-corrected chi connectivity index (χ4v) is 0.863. The van der Waals surface area contributed by atoms with Gasteiger partial charge in [0.2, 0.25) is 0 Å². The molecule has 0 aliphatic rings. The molecule has 13 heteroatoms. The molecule has 0 amide bonds. The number of aliphatic hydroxyl groups is 3. The topological polar surface area (TPSA) is 247 Å². The van der Waals surface area contributed by atoms with Crippen LogP contribution in [0.2, 0.25) is 0 Å². The lowest BCUT2D eigenvalue weighted by molar-refractivity contribution is -0.177. The lowest BCUT2D eigenvalue weighted by Crippen LogP contribution is -2.46. The molecule has 0 aromatic carbocycles. The number of carboxylic acids is 5. The molecule has 0 saturated heterocycles. The van der Waals surface area contributed by atoms with Gasteiger partial charge < -0.3 is 40.9 Å². The van der Waals surface area contributed by atoms with E-state index in [1.807, 2.05) is 0 Å². The van der Waals surface area contributed by atoms with Crippen LogP contribution >= 0.6 is 0 Å². The van der Waals surface area contributed by atoms with Gasteiger partial charge in [-0.2, -0.15) is 0 Å². The zero-order valence-corrected chi connectivity index (χ0v) is 11.2. The highest BCUT2D eigenvalue weighted by atomic mass is 16.5. The fourth-order valence-electron chi connectivity index (χ4n) is 0.863. The van der Waals surface area contributed by atoms with Crippen molar-refractivity contribution < 1.29 is 64.8 Å². The standard InChI is InChI=1S/C6H8O7.C4H6O6/c7-3(8)1-2-6(13,4(9)10)5(11)12;5-1(3(7)8)2(6)4(9)10/h13H,1-2H2,(H,7,8)(H,9,10)(H,11,12);1-2,5-6H,(H,7,8)(H,9,10). The third kappa shape index (κ3) is 7.70. The molecule has 0 aliphatic heterocycles. The van der Waals surface area contributed by atoms with Crippen molar-refractivity contribution in [2.75, 3.05) is 0 Å². The molecule has 0 saturated carbocycles. The fraction of sp³-hybridized carbons (Fsp3) is 0.500. The SMILES string of the molecule is O=C(O)C(O)C(O)C(=O)O.O=C(O)CCC(O)(C(=O)O)C(=O)O. The van der Waals surface area contributed by atoms with Crippen LogP contribution in [0.4, 0.5) is 0 Å². The predicted molar refractivity (Wildman–Crippen MR) is 64.4 cm³/mol. The van der Waals surface area contributed by atoms with Crippen molar-refractivity contribution in [2.45, 2.75) is 30.7 Å². The Bertz CT molecular complexity index is 449. The van der Waals surface area contributed by atoms with E-state index in [0.29, 0.717) is 0 Å². The molecule has 0 aromatic rings. The van der Waals surface area contributed by atoms with Crippen LogP contribution in [0.3, 0.4) is 0 Å². The minimum Gasteiger partial charge on any atom is -0.481 e. The predicted octanol–water partition coefficient (Wildman–Crippen LogP) is -3.37. The Morgan fingerprint density at radius 1 is 0.739 bits per heavy atom. The van der Waals surface area contributed by atoms with Gasteiger partial charge in [0, 0.05) is 12.8 Å². The first-order valence-corrected chi connectivity index (χ1v) is 5.50. The zero-order valence-electron chi connectivity index (χ0n) is 11.2. The molecule has 0 spiro atoms. The second-order valence-electron chi connectivity index (χ2n) is 3.93. The Morgan fingerprint density at radius 2 is 1.04 bits per heavy atom. The van der Waals surface area contributed by atoms with Crippen molar-refractivity contribution in [3.8, 4) is 0 Å². The average molecular weight is 342 g/mol. The highest BCUT2D eigenvalue weighted by Gasteiger charge is 2.44. The molecular weight excluding hydrogens is 328 g/mol. The Labute approximate surface area is 126 Å². The van der Waals surface area contributed by atoms with Crippen molar-refractivity contribution in [1.29, 1.82) is 0 Å². The van der Waals surface area contributed by atoms with E-state index in [9.17, 15) is 24.0 Å². The van der Waals surface area contributed by atoms with E-state index in [-0.39, 0.29) is 0 Å². The normalized spacial score (nSPS) is 13.0. The van der Waals surface area contributed by atoms with Crippen molar-refractivity contribution in [3.05, 3.63) is 0 Å². The van der Waals surface area contributed by atoms with Crippen molar-refractivity contribution in [2.24, 2.45) is 0 Å². The van der Waals surface area contributed by atoms with Crippen molar-refractivity contribution >= 4 is 29.8 Å². The van der Waals surface area contributed by atoms with E-state index in [0.717, 1.165) is 0 Å². The molecule has 0 rings (SSSR count). The summed E-state index contributed by atoms with van der Waals surface area (Å²) in [7, 11) is 0. The van der Waals surface area contributed by atoms with E-state index in [4.69, 9.17) is 40.9 Å². The summed E-state index contributed by atoms with van der Waals surface area (Å²) in [6.07, 6.45) is -6.13. The molecule has 13 nitrogen and oxygen atoms in total. The Morgan fingerprint density at radius 3 is 1.22 bits per heavy atom. The summed E-state index contributed by atoms with van der Waals surface area (Å²) < 4.78 is 0. The molecular formula is C10H14O13. The Kier molecular flexibility index (Phi) is 9.09. The minimum atomic E-state index is -3.02. The first-order chi connectivity index (χ1) is 10.3. The third-order valence-electron chi connectivity index (χ3n) is 2.21. The summed E-state index contributed by atoms with van der Waals surface area (Å²) in [4.78, 5) is 50.0. The summed E-state index contributed by atoms with van der Waals surface area (Å²) in [5.74, 6) is -8.85. The van der Waals surface area contributed by atoms with Crippen LogP contribution in [0.1, 0.15) is 12.8 Å². The zero-order chi connectivity index (χ0) is 19.0. The largest absolute Gasteiger partial charge is 0.481 e. The molecule has 2 unspecified atom stereocenters. The Hall–Kier alpha value is -2.77. The second kappa shape index (κ2) is 9.29. The van der Waals surface area contributed by atoms with Gasteiger partial charge >= 0.3 is 29.8 Å². The summed E-state index contributed by atoms with van der Waals surface area (Å²) in [5, 5.41) is 66.2. The van der Waals surface area contributed by atoms with E-state index in [1.54, 1.807) is 0 Å². The lowest BCUT2D eigenvalue weighted by Gasteiger charge is -2.16. The number of hydrogen-bond acceptors (Lipinski definition) is 8. The molecule has 0 radical (unpaired) electrons. The van der Waals surface area contributed by atoms with Gasteiger partial charge in [0.05, 0.1) is 0 Å². The van der Waals surface area contributed by atoms with E-state index in [1.165, 1.54) is 0 Å². The molecule has 0 fully saturated rings. The van der Waals surface area contributed by atoms with Crippen LogP contribution in [0.25, 0.3) is 0 Å². The summed E-state index contributed by atoms with van der Waals surface area (Å²) in [6, 6.07) is 0. The number of aliphatic hydroxyl groups excluding tert-OH is 2. The van der Waals surface area contributed by atoms with Crippen LogP contribution in [0.5, 0.6) is 0 Å². The van der Waals surface area contributed by atoms with Crippen LogP contribution in [0, 0.1) is 0 Å². The van der Waals surface area contributed by atoms with Gasteiger partial charge in [0.25, 0.3) is 5.60 Å². The lowest BCUT2D eigenvalue weighted by atomic mass is 9.98. The van der Waals surface area contributed by atoms with Gasteiger partial charge in [-0.3, -0.25) is 4.79 Å². The monoisotopic (exact) mass is 342 g/mol. The van der Waals surface area contributed by atoms with Gasteiger partial charge in [0.15, 0.2) is 12.2 Å². The van der Waals surface area contributed by atoms with Crippen LogP contribution < -0.4 is 0 Å². The van der Waals surface area contributed by atoms with Gasteiger partial charge in [0.1, 0.15) is 0 Å². The van der Waals surface area contributed by atoms with Gasteiger partial charge in [-0.25, -0.2) is 19.2 Å². The van der Waals surface area contributed by atoms with Gasteiger partial charge in [-0.15, -0.1) is 0 Å². The molecule has 0 heterocycles. The molecule has 0 aliphatic carbocycles. The number of aliphatic carboxylic acids is 5. The first kappa shape index (κ1) is 22.5. The van der Waals surface area contributed by atoms with Crippen molar-refractivity contribution in [3.63, 3.8) is 0 Å². The summed E-state index contributed by atoms with van der Waals surface area (Å²) in [6.45, 7) is 0. The number of rotatable bonds is 8. The number of hydrogen-bond donors (Lipinski definition) is 8. The second-order valence-corrected chi connectivity index (χ2v) is 3.93. The Balaban J connectivity index is 0. The maximum absolute atomic E-state index is 10.3. The highest BCUT2D eigenvalue weighted by molar-refractivity contribution is 6.01. The maximum atomic E-state index is 10.3. The van der Waals surface area contributed by atoms with Crippen LogP contribution in [0.15, 0.2) is 0 Å². The summed E-state index contributed by atoms with van der Waals surface area (Å²) >= 11 is 0. The summed E-state index contributed by atoms with van der Waals surface area (Å²) in [5.41, 5.74) is -3.02. The van der Waals surface area contributed by atoms with Gasteiger partial charge in [-0.05, 0) is 0 Å². The maximum Gasteiger partial charge on any atom is 0.347 e. The van der Waals surface area contributed by atoms with E-state index < -0.39 is 60.5 Å². The smallest absolute Gasteiger partial charge is 0.347 e. The number of carbonyl (C=O) groups is 5. The van der Waals surface area contributed by atoms with Gasteiger partial charge in [-0.1, -0.05) is 0 Å². The quantitative estimate of drug-likeness (QED) is 0.201. The molecule has 0 bridgehead atoms. The van der Waals surface area contributed by atoms with Crippen LogP contribution in [-0.2, 0) is 24.0 Å². The molecule has 8 N–H and O–H groups in total. The number of carboxylic acid groups (broad SMARTS) is 5. The van der Waals surface area contributed by atoms with Crippen LogP contribution in [-0.4, -0.2) is 88.5 Å². The molecule has 132 valence electrons. The van der Waals surface area contributed by atoms with E-state index >= 15 is 0 Å². The average Bonchev–Trinajstić information content (AvgIpc) is 2.42. The molecule has 0 aromatic heterocycles. The van der Waals surface area contributed by atoms with E-state index in [2.05, 4.69) is 0 Å². The minimum absolute atomic E-state index is 0.727. The molecule has 2 atom stereocenters. The third-order valence-corrected chi connectivity index (χ3v) is 2.21. The molecule has 23 heavy (non-hydrogen) atoms. The van der Waals surface area contributed by atoms with Crippen molar-refractivity contribution in [1.82, 2.24) is 0 Å². The highest BCUT2D eigenvalue weighted by Crippen LogP contribution is 2.13. The first-order valence-electron chi connectivity index (χ1n) is 5.50.